The Morgan fingerprint density at radius 3 is 2.45 bits per heavy atom. The number of sulfonamides is 1. The van der Waals surface area contributed by atoms with Gasteiger partial charge in [0, 0.05) is 32.4 Å². The van der Waals surface area contributed by atoms with Crippen LogP contribution in [0.4, 0.5) is 5.69 Å². The van der Waals surface area contributed by atoms with Crippen LogP contribution in [0, 0.1) is 0 Å². The van der Waals surface area contributed by atoms with Crippen LogP contribution in [-0.2, 0) is 17.1 Å². The predicted octanol–water partition coefficient (Wildman–Crippen LogP) is 2.86. The van der Waals surface area contributed by atoms with Crippen molar-refractivity contribution in [2.24, 2.45) is 7.05 Å². The summed E-state index contributed by atoms with van der Waals surface area (Å²) in [7, 11) is -1.94. The highest BCUT2D eigenvalue weighted by Crippen LogP contribution is 2.30. The van der Waals surface area contributed by atoms with E-state index in [2.05, 4.69) is 5.32 Å². The zero-order chi connectivity index (χ0) is 21.0. The summed E-state index contributed by atoms with van der Waals surface area (Å²) in [5, 5.41) is 2.81. The number of hydrogen-bond donors (Lipinski definition) is 1. The molecule has 158 valence electrons. The predicted molar refractivity (Wildman–Crippen MR) is 110 cm³/mol. The summed E-state index contributed by atoms with van der Waals surface area (Å²) >= 11 is 0. The monoisotopic (exact) mass is 421 g/mol. The number of aryl methyl sites for hydroxylation is 1. The summed E-state index contributed by atoms with van der Waals surface area (Å²) in [6.07, 6.45) is 3.19. The summed E-state index contributed by atoms with van der Waals surface area (Å²) in [4.78, 5) is 13.0. The molecule has 1 amide bonds. The van der Waals surface area contributed by atoms with E-state index in [0.29, 0.717) is 43.5 Å². The average Bonchev–Trinajstić information content (AvgIpc) is 3.34. The fourth-order valence-corrected chi connectivity index (χ4v) is 4.90. The van der Waals surface area contributed by atoms with Crippen LogP contribution in [0.5, 0.6) is 11.5 Å². The number of nitrogens with one attached hydrogen (secondary N) is 1. The van der Waals surface area contributed by atoms with Crippen molar-refractivity contribution in [1.29, 1.82) is 0 Å². The van der Waals surface area contributed by atoms with E-state index in [1.807, 2.05) is 13.8 Å². The van der Waals surface area contributed by atoms with E-state index in [0.717, 1.165) is 12.8 Å². The standard InChI is InChI=1S/C20H27N3O5S/c1-4-27-15-8-9-19(28-5-2)17(12-15)21-20(24)18-13-16(14-22(18)3)29(25,26)23-10-6-7-11-23/h8-9,12-14H,4-7,10-11H2,1-3H3,(H,21,24). The van der Waals surface area contributed by atoms with Gasteiger partial charge in [0.2, 0.25) is 10.0 Å². The third kappa shape index (κ3) is 4.56. The number of ether oxygens (including phenoxy) is 2. The Morgan fingerprint density at radius 2 is 1.79 bits per heavy atom. The minimum absolute atomic E-state index is 0.125. The molecular weight excluding hydrogens is 394 g/mol. The number of anilines is 1. The van der Waals surface area contributed by atoms with E-state index in [1.165, 1.54) is 21.1 Å². The Labute approximate surface area is 171 Å². The van der Waals surface area contributed by atoms with Crippen LogP contribution in [0.1, 0.15) is 37.2 Å². The molecule has 0 aliphatic carbocycles. The summed E-state index contributed by atoms with van der Waals surface area (Å²) in [6.45, 7) is 5.70. The SMILES string of the molecule is CCOc1ccc(OCC)c(NC(=O)c2cc(S(=O)(=O)N3CCCC3)cn2C)c1. The molecule has 2 aromatic rings. The molecule has 1 aromatic heterocycles. The minimum atomic E-state index is -3.59. The summed E-state index contributed by atoms with van der Waals surface area (Å²) in [6, 6.07) is 6.61. The normalized spacial score (nSPS) is 14.7. The molecule has 1 aliphatic heterocycles. The van der Waals surface area contributed by atoms with E-state index in [1.54, 1.807) is 25.2 Å². The fourth-order valence-electron chi connectivity index (χ4n) is 3.31. The third-order valence-corrected chi connectivity index (χ3v) is 6.59. The maximum atomic E-state index is 12.9. The van der Waals surface area contributed by atoms with Gasteiger partial charge in [-0.25, -0.2) is 8.42 Å². The molecule has 9 heteroatoms. The van der Waals surface area contributed by atoms with Crippen molar-refractivity contribution < 1.29 is 22.7 Å². The molecular formula is C20H27N3O5S. The van der Waals surface area contributed by atoms with Crippen LogP contribution in [-0.4, -0.2) is 49.5 Å². The van der Waals surface area contributed by atoms with E-state index >= 15 is 0 Å². The molecule has 0 radical (unpaired) electrons. The zero-order valence-electron chi connectivity index (χ0n) is 17.0. The third-order valence-electron chi connectivity index (χ3n) is 4.73. The summed E-state index contributed by atoms with van der Waals surface area (Å²) in [5.41, 5.74) is 0.708. The molecule has 0 atom stereocenters. The van der Waals surface area contributed by atoms with Gasteiger partial charge < -0.3 is 19.4 Å². The molecule has 0 unspecified atom stereocenters. The molecule has 29 heavy (non-hydrogen) atoms. The Balaban J connectivity index is 1.86. The maximum absolute atomic E-state index is 12.9. The average molecular weight is 422 g/mol. The van der Waals surface area contributed by atoms with Crippen molar-refractivity contribution in [3.8, 4) is 11.5 Å². The van der Waals surface area contributed by atoms with E-state index < -0.39 is 15.9 Å². The van der Waals surface area contributed by atoms with Crippen LogP contribution < -0.4 is 14.8 Å². The number of carbonyl (C=O) groups is 1. The maximum Gasteiger partial charge on any atom is 0.272 e. The second-order valence-electron chi connectivity index (χ2n) is 6.76. The van der Waals surface area contributed by atoms with Gasteiger partial charge >= 0.3 is 0 Å². The first kappa shape index (κ1) is 21.2. The molecule has 1 saturated heterocycles. The second kappa shape index (κ2) is 8.87. The van der Waals surface area contributed by atoms with Gasteiger partial charge in [-0.3, -0.25) is 4.79 Å². The molecule has 8 nitrogen and oxygen atoms in total. The zero-order valence-corrected chi connectivity index (χ0v) is 17.8. The largest absolute Gasteiger partial charge is 0.494 e. The van der Waals surface area contributed by atoms with Crippen molar-refractivity contribution in [3.63, 3.8) is 0 Å². The van der Waals surface area contributed by atoms with Gasteiger partial charge in [-0.15, -0.1) is 0 Å². The van der Waals surface area contributed by atoms with Crippen molar-refractivity contribution >= 4 is 21.6 Å². The fraction of sp³-hybridized carbons (Fsp3) is 0.450. The molecule has 1 fully saturated rings. The highest BCUT2D eigenvalue weighted by atomic mass is 32.2. The number of aromatic nitrogens is 1. The van der Waals surface area contributed by atoms with Crippen LogP contribution in [0.15, 0.2) is 35.4 Å². The first-order valence-corrected chi connectivity index (χ1v) is 11.2. The lowest BCUT2D eigenvalue weighted by molar-refractivity contribution is 0.101. The van der Waals surface area contributed by atoms with Gasteiger partial charge in [0.25, 0.3) is 5.91 Å². The number of amides is 1. The highest BCUT2D eigenvalue weighted by molar-refractivity contribution is 7.89. The van der Waals surface area contributed by atoms with Crippen LogP contribution in [0.25, 0.3) is 0 Å². The number of nitrogens with zero attached hydrogens (tertiary/aromatic N) is 2. The summed E-state index contributed by atoms with van der Waals surface area (Å²) < 4.78 is 39.6. The van der Waals surface area contributed by atoms with E-state index in [-0.39, 0.29) is 10.6 Å². The molecule has 2 heterocycles. The molecule has 0 saturated carbocycles. The highest BCUT2D eigenvalue weighted by Gasteiger charge is 2.29. The van der Waals surface area contributed by atoms with Crippen molar-refractivity contribution in [1.82, 2.24) is 8.87 Å². The lowest BCUT2D eigenvalue weighted by Gasteiger charge is -2.14. The molecule has 3 rings (SSSR count). The van der Waals surface area contributed by atoms with Crippen molar-refractivity contribution in [2.45, 2.75) is 31.6 Å². The van der Waals surface area contributed by atoms with E-state index in [9.17, 15) is 13.2 Å². The van der Waals surface area contributed by atoms with Crippen molar-refractivity contribution in [2.75, 3.05) is 31.6 Å². The molecule has 1 N–H and O–H groups in total. The minimum Gasteiger partial charge on any atom is -0.494 e. The Bertz CT molecular complexity index is 978. The summed E-state index contributed by atoms with van der Waals surface area (Å²) in [5.74, 6) is 0.698. The molecule has 0 spiro atoms. The number of benzene rings is 1. The first-order valence-electron chi connectivity index (χ1n) is 9.74. The second-order valence-corrected chi connectivity index (χ2v) is 8.70. The smallest absolute Gasteiger partial charge is 0.272 e. The lowest BCUT2D eigenvalue weighted by Crippen LogP contribution is -2.27. The van der Waals surface area contributed by atoms with Gasteiger partial charge in [-0.05, 0) is 44.9 Å². The van der Waals surface area contributed by atoms with Gasteiger partial charge in [0.15, 0.2) is 0 Å². The Hall–Kier alpha value is -2.52. The number of rotatable bonds is 8. The molecule has 0 bridgehead atoms. The lowest BCUT2D eigenvalue weighted by atomic mass is 10.2. The van der Waals surface area contributed by atoms with Gasteiger partial charge in [0.05, 0.1) is 18.9 Å². The Kier molecular flexibility index (Phi) is 6.49. The first-order chi connectivity index (χ1) is 13.9. The van der Waals surface area contributed by atoms with Crippen LogP contribution in [0.2, 0.25) is 0 Å². The topological polar surface area (TPSA) is 89.9 Å². The van der Waals surface area contributed by atoms with Gasteiger partial charge in [0.1, 0.15) is 22.1 Å². The van der Waals surface area contributed by atoms with Gasteiger partial charge in [-0.1, -0.05) is 0 Å². The number of carbonyl (C=O) groups excluding carboxylic acids is 1. The van der Waals surface area contributed by atoms with Crippen LogP contribution in [0.3, 0.4) is 0 Å². The van der Waals surface area contributed by atoms with Gasteiger partial charge in [-0.2, -0.15) is 4.31 Å². The van der Waals surface area contributed by atoms with Crippen molar-refractivity contribution in [3.05, 3.63) is 36.2 Å². The Morgan fingerprint density at radius 1 is 1.10 bits per heavy atom. The molecule has 1 aromatic carbocycles. The van der Waals surface area contributed by atoms with Crippen LogP contribution >= 0.6 is 0 Å². The van der Waals surface area contributed by atoms with E-state index in [4.69, 9.17) is 9.47 Å². The quantitative estimate of drug-likeness (QED) is 0.708. The molecule has 1 aliphatic rings. The number of hydrogen-bond acceptors (Lipinski definition) is 5.